The minimum absolute atomic E-state index is 0.235. The fraction of sp³-hybridized carbons (Fsp3) is 1.00. The van der Waals surface area contributed by atoms with Gasteiger partial charge in [0.15, 0.2) is 0 Å². The van der Waals surface area contributed by atoms with E-state index in [9.17, 15) is 0 Å². The number of rotatable bonds is 7. The topological polar surface area (TPSA) is 29.3 Å². The van der Waals surface area contributed by atoms with Crippen molar-refractivity contribution in [3.05, 3.63) is 0 Å². The Morgan fingerprint density at radius 3 is 1.56 bits per heavy atom. The second kappa shape index (κ2) is 7.49. The van der Waals surface area contributed by atoms with Gasteiger partial charge in [0.25, 0.3) is 0 Å². The van der Waals surface area contributed by atoms with E-state index >= 15 is 0 Å². The Hall–Kier alpha value is -0.0800. The molecule has 0 aliphatic rings. The van der Waals surface area contributed by atoms with E-state index in [4.69, 9.17) is 5.73 Å². The van der Waals surface area contributed by atoms with Crippen LogP contribution in [-0.4, -0.2) is 30.1 Å². The molecule has 110 valence electrons. The molecule has 0 aliphatic carbocycles. The first-order valence-electron chi connectivity index (χ1n) is 7.59. The van der Waals surface area contributed by atoms with Gasteiger partial charge >= 0.3 is 0 Å². The van der Waals surface area contributed by atoms with Gasteiger partial charge in [0.05, 0.1) is 0 Å². The van der Waals surface area contributed by atoms with E-state index in [2.05, 4.69) is 60.3 Å². The van der Waals surface area contributed by atoms with Crippen LogP contribution in [0.15, 0.2) is 0 Å². The van der Waals surface area contributed by atoms with Crippen molar-refractivity contribution in [3.63, 3.8) is 0 Å². The van der Waals surface area contributed by atoms with Crippen LogP contribution in [0.1, 0.15) is 61.8 Å². The molecular formula is C16H36N2. The fourth-order valence-corrected chi connectivity index (χ4v) is 2.92. The summed E-state index contributed by atoms with van der Waals surface area (Å²) in [6.45, 7) is 20.6. The maximum Gasteiger partial charge on any atom is 0.0295 e. The first-order chi connectivity index (χ1) is 8.09. The first-order valence-corrected chi connectivity index (χ1v) is 7.59. The predicted molar refractivity (Wildman–Crippen MR) is 82.8 cm³/mol. The zero-order valence-corrected chi connectivity index (χ0v) is 14.0. The van der Waals surface area contributed by atoms with Gasteiger partial charge < -0.3 is 5.73 Å². The summed E-state index contributed by atoms with van der Waals surface area (Å²) in [5.74, 6) is 1.38. The van der Waals surface area contributed by atoms with Crippen LogP contribution in [0.5, 0.6) is 0 Å². The number of hydrogen-bond acceptors (Lipinski definition) is 2. The summed E-state index contributed by atoms with van der Waals surface area (Å²) in [5, 5.41) is 0. The van der Waals surface area contributed by atoms with Crippen LogP contribution >= 0.6 is 0 Å². The zero-order chi connectivity index (χ0) is 14.5. The van der Waals surface area contributed by atoms with E-state index in [0.29, 0.717) is 17.9 Å². The lowest BCUT2D eigenvalue weighted by atomic mass is 9.80. The molecule has 0 saturated heterocycles. The summed E-state index contributed by atoms with van der Waals surface area (Å²) in [4.78, 5) is 2.63. The summed E-state index contributed by atoms with van der Waals surface area (Å²) in [6, 6.07) is 0.731. The van der Waals surface area contributed by atoms with Crippen LogP contribution in [0, 0.1) is 17.3 Å². The van der Waals surface area contributed by atoms with Gasteiger partial charge in [0.1, 0.15) is 0 Å². The Bertz CT molecular complexity index is 206. The Labute approximate surface area is 115 Å². The highest BCUT2D eigenvalue weighted by Gasteiger charge is 2.34. The van der Waals surface area contributed by atoms with Crippen molar-refractivity contribution >= 4 is 0 Å². The van der Waals surface area contributed by atoms with Crippen molar-refractivity contribution in [2.45, 2.75) is 73.9 Å². The fourth-order valence-electron chi connectivity index (χ4n) is 2.92. The summed E-state index contributed by atoms with van der Waals surface area (Å²) in [5.41, 5.74) is 6.65. The average molecular weight is 256 g/mol. The SMILES string of the molecule is CCC(N)C(N(CC(C)C)CC(C)C)C(C)(C)C. The average Bonchev–Trinajstić information content (AvgIpc) is 2.12. The lowest BCUT2D eigenvalue weighted by molar-refractivity contribution is 0.0564. The molecule has 0 rings (SSSR count). The number of nitrogens with two attached hydrogens (primary N) is 1. The molecule has 2 N–H and O–H groups in total. The molecule has 0 aromatic heterocycles. The van der Waals surface area contributed by atoms with Crippen molar-refractivity contribution in [2.75, 3.05) is 13.1 Å². The number of nitrogens with zero attached hydrogens (tertiary/aromatic N) is 1. The van der Waals surface area contributed by atoms with E-state index in [1.807, 2.05) is 0 Å². The molecule has 0 amide bonds. The highest BCUT2D eigenvalue weighted by atomic mass is 15.2. The van der Waals surface area contributed by atoms with Crippen molar-refractivity contribution in [1.82, 2.24) is 4.90 Å². The number of hydrogen-bond donors (Lipinski definition) is 1. The van der Waals surface area contributed by atoms with Gasteiger partial charge in [-0.2, -0.15) is 0 Å². The van der Waals surface area contributed by atoms with Crippen LogP contribution in [0.4, 0.5) is 0 Å². The van der Waals surface area contributed by atoms with Gasteiger partial charge in [-0.15, -0.1) is 0 Å². The lowest BCUT2D eigenvalue weighted by Crippen LogP contribution is -2.56. The largest absolute Gasteiger partial charge is 0.326 e. The van der Waals surface area contributed by atoms with Crippen LogP contribution < -0.4 is 5.73 Å². The molecule has 0 bridgehead atoms. The summed E-state index contributed by atoms with van der Waals surface area (Å²) in [7, 11) is 0. The van der Waals surface area contributed by atoms with E-state index in [0.717, 1.165) is 19.5 Å². The molecule has 0 fully saturated rings. The third kappa shape index (κ3) is 6.19. The molecule has 2 unspecified atom stereocenters. The molecule has 0 radical (unpaired) electrons. The lowest BCUT2D eigenvalue weighted by Gasteiger charge is -2.45. The van der Waals surface area contributed by atoms with Gasteiger partial charge in [-0.05, 0) is 23.7 Å². The second-order valence-electron chi connectivity index (χ2n) is 7.62. The first kappa shape index (κ1) is 17.9. The van der Waals surface area contributed by atoms with E-state index in [1.165, 1.54) is 0 Å². The molecule has 0 spiro atoms. The monoisotopic (exact) mass is 256 g/mol. The Balaban J connectivity index is 5.06. The summed E-state index contributed by atoms with van der Waals surface area (Å²) >= 11 is 0. The minimum atomic E-state index is 0.235. The van der Waals surface area contributed by atoms with Gasteiger partial charge in [-0.25, -0.2) is 0 Å². The quantitative estimate of drug-likeness (QED) is 0.751. The highest BCUT2D eigenvalue weighted by molar-refractivity contribution is 4.91. The van der Waals surface area contributed by atoms with Crippen molar-refractivity contribution < 1.29 is 0 Å². The Morgan fingerprint density at radius 1 is 0.944 bits per heavy atom. The Kier molecular flexibility index (Phi) is 7.46. The Morgan fingerprint density at radius 2 is 1.33 bits per heavy atom. The predicted octanol–water partition coefficient (Wildman–Crippen LogP) is 3.75. The maximum absolute atomic E-state index is 6.41. The molecule has 0 aromatic rings. The molecule has 0 aliphatic heterocycles. The highest BCUT2D eigenvalue weighted by Crippen LogP contribution is 2.29. The molecule has 0 saturated carbocycles. The van der Waals surface area contributed by atoms with Crippen LogP contribution in [0.2, 0.25) is 0 Å². The summed E-state index contributed by atoms with van der Waals surface area (Å²) < 4.78 is 0. The van der Waals surface area contributed by atoms with Gasteiger partial charge in [-0.3, -0.25) is 4.90 Å². The second-order valence-corrected chi connectivity index (χ2v) is 7.62. The third-order valence-electron chi connectivity index (χ3n) is 3.36. The van der Waals surface area contributed by atoms with E-state index < -0.39 is 0 Å². The van der Waals surface area contributed by atoms with Crippen molar-refractivity contribution in [1.29, 1.82) is 0 Å². The van der Waals surface area contributed by atoms with Crippen LogP contribution in [-0.2, 0) is 0 Å². The molecule has 2 nitrogen and oxygen atoms in total. The molecule has 18 heavy (non-hydrogen) atoms. The van der Waals surface area contributed by atoms with Crippen molar-refractivity contribution in [2.24, 2.45) is 23.0 Å². The standard InChI is InChI=1S/C16H36N2/c1-9-14(17)15(16(6,7)8)18(10-12(2)3)11-13(4)5/h12-15H,9-11,17H2,1-8H3. The summed E-state index contributed by atoms with van der Waals surface area (Å²) in [6.07, 6.45) is 1.05. The van der Waals surface area contributed by atoms with Gasteiger partial charge in [0, 0.05) is 25.2 Å². The van der Waals surface area contributed by atoms with Gasteiger partial charge in [-0.1, -0.05) is 55.4 Å². The molecule has 2 heteroatoms. The van der Waals surface area contributed by atoms with E-state index in [-0.39, 0.29) is 11.5 Å². The smallest absolute Gasteiger partial charge is 0.0295 e. The van der Waals surface area contributed by atoms with E-state index in [1.54, 1.807) is 0 Å². The van der Waals surface area contributed by atoms with Crippen LogP contribution in [0.25, 0.3) is 0 Å². The normalized spacial score (nSPS) is 16.7. The molecule has 2 atom stereocenters. The van der Waals surface area contributed by atoms with Crippen LogP contribution in [0.3, 0.4) is 0 Å². The minimum Gasteiger partial charge on any atom is -0.326 e. The molecule has 0 heterocycles. The zero-order valence-electron chi connectivity index (χ0n) is 14.0. The third-order valence-corrected chi connectivity index (χ3v) is 3.36. The maximum atomic E-state index is 6.41. The van der Waals surface area contributed by atoms with Crippen molar-refractivity contribution in [3.8, 4) is 0 Å². The van der Waals surface area contributed by atoms with Gasteiger partial charge in [0.2, 0.25) is 0 Å². The molecule has 0 aromatic carbocycles. The molecular weight excluding hydrogens is 220 g/mol.